The van der Waals surface area contributed by atoms with Crippen molar-refractivity contribution < 1.29 is 4.42 Å². The van der Waals surface area contributed by atoms with Crippen LogP contribution in [0.25, 0.3) is 22.9 Å². The average molecular weight is 292 g/mol. The molecule has 1 heterocycles. The van der Waals surface area contributed by atoms with Gasteiger partial charge in [-0.3, -0.25) is 0 Å². The number of rotatable bonds is 2. The standard InChI is InChI=1S/C19H20N2O/c1-13-5-7-14(8-6-13)17-20-21-18(22-17)15-9-11-16(12-10-15)19(2,3)4/h5-12H,1-4H3. The SMILES string of the molecule is Cc1ccc(-c2nnc(-c3ccc(C(C)(C)C)cc3)o2)cc1. The van der Waals surface area contributed by atoms with Crippen LogP contribution in [-0.2, 0) is 5.41 Å². The van der Waals surface area contributed by atoms with Gasteiger partial charge in [0, 0.05) is 11.1 Å². The summed E-state index contributed by atoms with van der Waals surface area (Å²) < 4.78 is 5.80. The highest BCUT2D eigenvalue weighted by Gasteiger charge is 2.15. The molecule has 0 spiro atoms. The molecule has 0 bridgehead atoms. The maximum Gasteiger partial charge on any atom is 0.248 e. The van der Waals surface area contributed by atoms with Gasteiger partial charge in [-0.25, -0.2) is 0 Å². The van der Waals surface area contributed by atoms with Crippen molar-refractivity contribution in [3.8, 4) is 22.9 Å². The van der Waals surface area contributed by atoms with Crippen molar-refractivity contribution in [1.82, 2.24) is 10.2 Å². The minimum absolute atomic E-state index is 0.139. The van der Waals surface area contributed by atoms with E-state index < -0.39 is 0 Å². The first-order chi connectivity index (χ1) is 10.4. The lowest BCUT2D eigenvalue weighted by Gasteiger charge is -2.18. The van der Waals surface area contributed by atoms with Gasteiger partial charge in [-0.05, 0) is 42.2 Å². The van der Waals surface area contributed by atoms with Crippen molar-refractivity contribution >= 4 is 0 Å². The van der Waals surface area contributed by atoms with E-state index >= 15 is 0 Å². The van der Waals surface area contributed by atoms with Crippen molar-refractivity contribution in [2.24, 2.45) is 0 Å². The van der Waals surface area contributed by atoms with Crippen LogP contribution in [0.15, 0.2) is 52.9 Å². The van der Waals surface area contributed by atoms with Gasteiger partial charge in [0.1, 0.15) is 0 Å². The maximum absolute atomic E-state index is 5.80. The summed E-state index contributed by atoms with van der Waals surface area (Å²) in [6.07, 6.45) is 0. The Labute approximate surface area is 131 Å². The predicted octanol–water partition coefficient (Wildman–Crippen LogP) is 5.01. The topological polar surface area (TPSA) is 38.9 Å². The summed E-state index contributed by atoms with van der Waals surface area (Å²) in [6.45, 7) is 8.65. The molecule has 1 aromatic heterocycles. The van der Waals surface area contributed by atoms with E-state index in [0.717, 1.165) is 11.1 Å². The zero-order valence-corrected chi connectivity index (χ0v) is 13.4. The Morgan fingerprint density at radius 3 is 1.64 bits per heavy atom. The van der Waals surface area contributed by atoms with Gasteiger partial charge >= 0.3 is 0 Å². The van der Waals surface area contributed by atoms with Gasteiger partial charge in [0.15, 0.2) is 0 Å². The van der Waals surface area contributed by atoms with Crippen LogP contribution in [0.4, 0.5) is 0 Å². The number of benzene rings is 2. The summed E-state index contributed by atoms with van der Waals surface area (Å²) in [4.78, 5) is 0. The smallest absolute Gasteiger partial charge is 0.248 e. The van der Waals surface area contributed by atoms with Crippen LogP contribution in [0.5, 0.6) is 0 Å². The highest BCUT2D eigenvalue weighted by molar-refractivity contribution is 5.58. The lowest BCUT2D eigenvalue weighted by Crippen LogP contribution is -2.10. The Morgan fingerprint density at radius 2 is 1.18 bits per heavy atom. The van der Waals surface area contributed by atoms with E-state index in [-0.39, 0.29) is 5.41 Å². The largest absolute Gasteiger partial charge is 0.416 e. The fourth-order valence-electron chi connectivity index (χ4n) is 2.27. The molecule has 0 atom stereocenters. The molecule has 3 heteroatoms. The summed E-state index contributed by atoms with van der Waals surface area (Å²) in [6, 6.07) is 16.4. The van der Waals surface area contributed by atoms with Crippen LogP contribution >= 0.6 is 0 Å². The van der Waals surface area contributed by atoms with E-state index in [9.17, 15) is 0 Å². The molecule has 0 unspecified atom stereocenters. The predicted molar refractivity (Wildman–Crippen MR) is 88.6 cm³/mol. The minimum Gasteiger partial charge on any atom is -0.416 e. The van der Waals surface area contributed by atoms with E-state index in [1.165, 1.54) is 11.1 Å². The van der Waals surface area contributed by atoms with Gasteiger partial charge in [0.05, 0.1) is 0 Å². The zero-order chi connectivity index (χ0) is 15.7. The fourth-order valence-corrected chi connectivity index (χ4v) is 2.27. The van der Waals surface area contributed by atoms with Crippen LogP contribution in [0.2, 0.25) is 0 Å². The molecule has 3 nitrogen and oxygen atoms in total. The second kappa shape index (κ2) is 5.41. The van der Waals surface area contributed by atoms with E-state index in [2.05, 4.69) is 50.0 Å². The first kappa shape index (κ1) is 14.5. The van der Waals surface area contributed by atoms with Crippen molar-refractivity contribution in [2.75, 3.05) is 0 Å². The molecule has 0 aliphatic rings. The molecule has 0 aliphatic carbocycles. The molecule has 3 rings (SSSR count). The van der Waals surface area contributed by atoms with Crippen LogP contribution in [0.1, 0.15) is 31.9 Å². The summed E-state index contributed by atoms with van der Waals surface area (Å²) in [5.41, 5.74) is 4.52. The van der Waals surface area contributed by atoms with Crippen molar-refractivity contribution in [3.05, 3.63) is 59.7 Å². The lowest BCUT2D eigenvalue weighted by molar-refractivity contribution is 0.582. The molecular weight excluding hydrogens is 272 g/mol. The minimum atomic E-state index is 0.139. The molecular formula is C19H20N2O. The zero-order valence-electron chi connectivity index (χ0n) is 13.4. The van der Waals surface area contributed by atoms with Crippen molar-refractivity contribution in [1.29, 1.82) is 0 Å². The Balaban J connectivity index is 1.89. The van der Waals surface area contributed by atoms with Crippen molar-refractivity contribution in [2.45, 2.75) is 33.1 Å². The Kier molecular flexibility index (Phi) is 3.57. The Bertz CT molecular complexity index is 762. The Hall–Kier alpha value is -2.42. The number of hydrogen-bond acceptors (Lipinski definition) is 3. The molecule has 0 aliphatic heterocycles. The number of aryl methyl sites for hydroxylation is 1. The van der Waals surface area contributed by atoms with E-state index in [4.69, 9.17) is 4.42 Å². The fraction of sp³-hybridized carbons (Fsp3) is 0.263. The highest BCUT2D eigenvalue weighted by atomic mass is 16.4. The van der Waals surface area contributed by atoms with Gasteiger partial charge in [-0.15, -0.1) is 10.2 Å². The van der Waals surface area contributed by atoms with E-state index in [0.29, 0.717) is 11.8 Å². The average Bonchev–Trinajstić information content (AvgIpc) is 2.97. The first-order valence-corrected chi connectivity index (χ1v) is 7.45. The monoisotopic (exact) mass is 292 g/mol. The second-order valence-corrected chi connectivity index (χ2v) is 6.61. The van der Waals surface area contributed by atoms with Crippen LogP contribution in [0, 0.1) is 6.92 Å². The lowest BCUT2D eigenvalue weighted by atomic mass is 9.87. The van der Waals surface area contributed by atoms with Gasteiger partial charge in [0.2, 0.25) is 11.8 Å². The molecule has 0 saturated carbocycles. The second-order valence-electron chi connectivity index (χ2n) is 6.61. The van der Waals surface area contributed by atoms with Gasteiger partial charge in [-0.1, -0.05) is 50.6 Å². The molecule has 22 heavy (non-hydrogen) atoms. The Morgan fingerprint density at radius 1 is 0.727 bits per heavy atom. The third kappa shape index (κ3) is 2.93. The van der Waals surface area contributed by atoms with Crippen LogP contribution in [0.3, 0.4) is 0 Å². The molecule has 112 valence electrons. The normalized spacial score (nSPS) is 11.6. The summed E-state index contributed by atoms with van der Waals surface area (Å²) in [5.74, 6) is 1.10. The third-order valence-corrected chi connectivity index (χ3v) is 3.72. The quantitative estimate of drug-likeness (QED) is 0.666. The molecule has 0 fully saturated rings. The summed E-state index contributed by atoms with van der Waals surface area (Å²) >= 11 is 0. The highest BCUT2D eigenvalue weighted by Crippen LogP contribution is 2.27. The maximum atomic E-state index is 5.80. The van der Waals surface area contributed by atoms with Crippen molar-refractivity contribution in [3.63, 3.8) is 0 Å². The van der Waals surface area contributed by atoms with E-state index in [1.807, 2.05) is 36.4 Å². The summed E-state index contributed by atoms with van der Waals surface area (Å²) in [7, 11) is 0. The molecule has 2 aromatic carbocycles. The van der Waals surface area contributed by atoms with E-state index in [1.54, 1.807) is 0 Å². The molecule has 0 N–H and O–H groups in total. The third-order valence-electron chi connectivity index (χ3n) is 3.72. The summed E-state index contributed by atoms with van der Waals surface area (Å²) in [5, 5.41) is 8.31. The number of nitrogens with zero attached hydrogens (tertiary/aromatic N) is 2. The number of hydrogen-bond donors (Lipinski definition) is 0. The van der Waals surface area contributed by atoms with Crippen LogP contribution in [-0.4, -0.2) is 10.2 Å². The first-order valence-electron chi connectivity index (χ1n) is 7.45. The van der Waals surface area contributed by atoms with Gasteiger partial charge in [-0.2, -0.15) is 0 Å². The molecule has 3 aromatic rings. The number of aromatic nitrogens is 2. The van der Waals surface area contributed by atoms with Crippen LogP contribution < -0.4 is 0 Å². The van der Waals surface area contributed by atoms with Gasteiger partial charge < -0.3 is 4.42 Å². The molecule has 0 saturated heterocycles. The molecule has 0 radical (unpaired) electrons. The van der Waals surface area contributed by atoms with Gasteiger partial charge in [0.25, 0.3) is 0 Å². The molecule has 0 amide bonds.